The molecule has 8 heavy (non-hydrogen) atoms. The van der Waals surface area contributed by atoms with E-state index in [4.69, 9.17) is 0 Å². The van der Waals surface area contributed by atoms with Gasteiger partial charge < -0.3 is 5.70 Å². The monoisotopic (exact) mass is 120 g/mol. The van der Waals surface area contributed by atoms with E-state index in [1.54, 1.807) is 5.94 Å². The van der Waals surface area contributed by atoms with E-state index in [-0.39, 0.29) is 18.9 Å². The predicted molar refractivity (Wildman–Crippen MR) is 32.3 cm³/mol. The van der Waals surface area contributed by atoms with Crippen LogP contribution in [0.1, 0.15) is 0 Å². The zero-order chi connectivity index (χ0) is 5.91. The fraction of sp³-hybridized carbons (Fsp3) is 0.600. The zero-order valence-electron chi connectivity index (χ0n) is 5.91. The van der Waals surface area contributed by atoms with Gasteiger partial charge in [-0.05, 0) is 0 Å². The molecule has 0 fully saturated rings. The van der Waals surface area contributed by atoms with Gasteiger partial charge in [0.2, 0.25) is 0 Å². The summed E-state index contributed by atoms with van der Waals surface area (Å²) in [5.74, 6) is 1.67. The van der Waals surface area contributed by atoms with Crippen molar-refractivity contribution in [2.45, 2.75) is 19.6 Å². The first kappa shape index (κ1) is 11.1. The van der Waals surface area contributed by atoms with Crippen LogP contribution in [-0.2, 0) is 4.79 Å². The van der Waals surface area contributed by atoms with Gasteiger partial charge in [0.1, 0.15) is 0 Å². The van der Waals surface area contributed by atoms with Crippen LogP contribution in [0.3, 0.4) is 0 Å². The molecule has 1 nitrogen and oxygen atoms in total. The standard InChI is InChI=1S/C5H9OSi.Li/c1-7(2,3)5-4-6;/h1-3H3;/q-1;+1. The van der Waals surface area contributed by atoms with Crippen LogP contribution < -0.4 is 18.9 Å². The Morgan fingerprint density at radius 1 is 1.38 bits per heavy atom. The number of rotatable bonds is 1. The van der Waals surface area contributed by atoms with E-state index in [0.717, 1.165) is 0 Å². The summed E-state index contributed by atoms with van der Waals surface area (Å²) >= 11 is 0. The average Bonchev–Trinajstić information content (AvgIpc) is 1.30. The maximum Gasteiger partial charge on any atom is 1.00 e. The summed E-state index contributed by atoms with van der Waals surface area (Å²) in [7, 11) is -1.33. The van der Waals surface area contributed by atoms with Crippen LogP contribution in [0.25, 0.3) is 0 Å². The Morgan fingerprint density at radius 3 is 1.75 bits per heavy atom. The Hall–Kier alpha value is 0.264. The predicted octanol–water partition coefficient (Wildman–Crippen LogP) is -1.94. The summed E-state index contributed by atoms with van der Waals surface area (Å²) in [4.78, 5) is 9.62. The summed E-state index contributed by atoms with van der Waals surface area (Å²) in [6, 6.07) is 0. The van der Waals surface area contributed by atoms with E-state index in [9.17, 15) is 4.79 Å². The van der Waals surface area contributed by atoms with Gasteiger partial charge in [-0.2, -0.15) is 0 Å². The van der Waals surface area contributed by atoms with Gasteiger partial charge >= 0.3 is 18.9 Å². The van der Waals surface area contributed by atoms with Crippen LogP contribution in [-0.4, -0.2) is 14.0 Å². The molecule has 0 aliphatic carbocycles. The summed E-state index contributed by atoms with van der Waals surface area (Å²) in [5, 5.41) is 0. The van der Waals surface area contributed by atoms with E-state index in [0.29, 0.717) is 0 Å². The molecule has 0 saturated carbocycles. The summed E-state index contributed by atoms with van der Waals surface area (Å²) in [5.41, 5.74) is 2.62. The minimum absolute atomic E-state index is 0. The van der Waals surface area contributed by atoms with Gasteiger partial charge in [0.15, 0.2) is 0 Å². The van der Waals surface area contributed by atoms with E-state index in [1.165, 1.54) is 0 Å². The molecule has 0 amide bonds. The minimum Gasteiger partial charge on any atom is -0.404 e. The second-order valence-electron chi connectivity index (χ2n) is 2.48. The molecule has 0 aliphatic rings. The van der Waals surface area contributed by atoms with Crippen LogP contribution in [0.4, 0.5) is 0 Å². The normalized spacial score (nSPS) is 8.88. The molecule has 0 bridgehead atoms. The number of hydrogen-bond acceptors (Lipinski definition) is 1. The van der Waals surface area contributed by atoms with E-state index in [1.807, 2.05) is 19.6 Å². The van der Waals surface area contributed by atoms with Crippen molar-refractivity contribution in [1.29, 1.82) is 0 Å². The third kappa shape index (κ3) is 9.55. The van der Waals surface area contributed by atoms with E-state index in [2.05, 4.69) is 5.70 Å². The molecule has 0 unspecified atom stereocenters. The summed E-state index contributed by atoms with van der Waals surface area (Å²) < 4.78 is 0. The van der Waals surface area contributed by atoms with Crippen molar-refractivity contribution >= 4 is 14.0 Å². The van der Waals surface area contributed by atoms with E-state index >= 15 is 0 Å². The van der Waals surface area contributed by atoms with Crippen molar-refractivity contribution in [2.75, 3.05) is 0 Å². The maximum absolute atomic E-state index is 9.62. The molecule has 3 heteroatoms. The quantitative estimate of drug-likeness (QED) is 0.223. The van der Waals surface area contributed by atoms with Crippen molar-refractivity contribution in [2.24, 2.45) is 0 Å². The number of carbonyl (C=O) groups excluding carboxylic acids is 1. The Morgan fingerprint density at radius 2 is 1.75 bits per heavy atom. The van der Waals surface area contributed by atoms with Crippen molar-refractivity contribution in [1.82, 2.24) is 0 Å². The first-order valence-corrected chi connectivity index (χ1v) is 5.70. The molecule has 0 rings (SSSR count). The van der Waals surface area contributed by atoms with Gasteiger partial charge in [0.05, 0.1) is 0 Å². The van der Waals surface area contributed by atoms with Crippen LogP contribution in [0.5, 0.6) is 0 Å². The molecular formula is C5H9LiOSi. The fourth-order valence-corrected chi connectivity index (χ4v) is 0.459. The van der Waals surface area contributed by atoms with Gasteiger partial charge in [0.25, 0.3) is 0 Å². The molecule has 0 spiro atoms. The third-order valence-corrected chi connectivity index (χ3v) is 1.28. The largest absolute Gasteiger partial charge is 1.00 e. The minimum atomic E-state index is -1.33. The maximum atomic E-state index is 9.62. The summed E-state index contributed by atoms with van der Waals surface area (Å²) in [6.07, 6.45) is 0. The van der Waals surface area contributed by atoms with Gasteiger partial charge in [-0.15, -0.1) is 0 Å². The molecule has 40 valence electrons. The second-order valence-corrected chi connectivity index (χ2v) is 7.23. The Bertz CT molecular complexity index is 99.5. The molecule has 0 aromatic carbocycles. The Balaban J connectivity index is 0. The van der Waals surface area contributed by atoms with Crippen LogP contribution in [0, 0.1) is 5.70 Å². The first-order chi connectivity index (χ1) is 3.06. The van der Waals surface area contributed by atoms with Gasteiger partial charge in [-0.3, -0.25) is 4.79 Å². The Kier molecular flexibility index (Phi) is 5.80. The topological polar surface area (TPSA) is 17.1 Å². The van der Waals surface area contributed by atoms with Gasteiger partial charge in [-0.1, -0.05) is 33.7 Å². The molecule has 0 atom stereocenters. The molecule has 0 heterocycles. The van der Waals surface area contributed by atoms with Crippen molar-refractivity contribution < 1.29 is 23.7 Å². The fourth-order valence-electron chi connectivity index (χ4n) is 0.153. The molecule has 0 N–H and O–H groups in total. The molecule has 0 aromatic heterocycles. The van der Waals surface area contributed by atoms with Crippen LogP contribution in [0.2, 0.25) is 19.6 Å². The third-order valence-electron chi connectivity index (χ3n) is 0.426. The molecule has 0 radical (unpaired) electrons. The zero-order valence-corrected chi connectivity index (χ0v) is 6.91. The summed E-state index contributed by atoms with van der Waals surface area (Å²) in [6.45, 7) is 6.12. The van der Waals surface area contributed by atoms with Crippen molar-refractivity contribution in [3.8, 4) is 0 Å². The molecule has 0 aliphatic heterocycles. The smallest absolute Gasteiger partial charge is 0.404 e. The molecular weight excluding hydrogens is 111 g/mol. The average molecular weight is 120 g/mol. The van der Waals surface area contributed by atoms with Gasteiger partial charge in [-0.25, -0.2) is 0 Å². The van der Waals surface area contributed by atoms with E-state index < -0.39 is 8.07 Å². The van der Waals surface area contributed by atoms with Crippen LogP contribution in [0.15, 0.2) is 0 Å². The first-order valence-electron chi connectivity index (χ1n) is 2.20. The number of hydrogen-bond donors (Lipinski definition) is 0. The van der Waals surface area contributed by atoms with Gasteiger partial charge in [0, 0.05) is 0 Å². The second kappa shape index (κ2) is 4.17. The van der Waals surface area contributed by atoms with Crippen molar-refractivity contribution in [3.05, 3.63) is 5.70 Å². The Labute approximate surface area is 63.3 Å². The van der Waals surface area contributed by atoms with Crippen LogP contribution >= 0.6 is 0 Å². The van der Waals surface area contributed by atoms with Crippen molar-refractivity contribution in [3.63, 3.8) is 0 Å². The molecule has 0 aromatic rings. The SMILES string of the molecule is C[Si](C)(C)[C-]=C=O.[Li+]. The molecule has 0 saturated heterocycles.